The highest BCUT2D eigenvalue weighted by Crippen LogP contribution is 2.34. The van der Waals surface area contributed by atoms with Gasteiger partial charge in [-0.05, 0) is 40.1 Å². The van der Waals surface area contributed by atoms with Gasteiger partial charge in [-0.2, -0.15) is 11.3 Å². The lowest BCUT2D eigenvalue weighted by Crippen LogP contribution is -1.96. The van der Waals surface area contributed by atoms with Crippen molar-refractivity contribution in [1.82, 2.24) is 25.6 Å². The van der Waals surface area contributed by atoms with Gasteiger partial charge in [0.1, 0.15) is 11.6 Å². The molecule has 0 unspecified atom stereocenters. The number of aromatic nitrogens is 5. The lowest BCUT2D eigenvalue weighted by atomic mass is 10.1. The quantitative estimate of drug-likeness (QED) is 0.493. The number of nitrogens with one attached hydrogen (secondary N) is 2. The van der Waals surface area contributed by atoms with Gasteiger partial charge in [0.2, 0.25) is 0 Å². The third-order valence-electron chi connectivity index (χ3n) is 4.14. The fourth-order valence-electron chi connectivity index (χ4n) is 2.95. The Labute approximate surface area is 150 Å². The summed E-state index contributed by atoms with van der Waals surface area (Å²) in [5, 5.41) is 24.4. The molecule has 0 radical (unpaired) electrons. The second kappa shape index (κ2) is 5.85. The van der Waals surface area contributed by atoms with Crippen molar-refractivity contribution >= 4 is 44.5 Å². The number of anilines is 2. The predicted molar refractivity (Wildman–Crippen MR) is 100.0 cm³/mol. The van der Waals surface area contributed by atoms with E-state index in [0.29, 0.717) is 17.3 Å². The summed E-state index contributed by atoms with van der Waals surface area (Å²) in [5.41, 5.74) is 2.31. The predicted octanol–water partition coefficient (Wildman–Crippen LogP) is 4.51. The molecule has 0 spiro atoms. The molecular weight excluding hydrogens is 351 g/mol. The number of hydrogen-bond donors (Lipinski definition) is 2. The Hall–Kier alpha value is -3.39. The molecule has 2 aromatic carbocycles. The average Bonchev–Trinajstić information content (AvgIpc) is 3.33. The van der Waals surface area contributed by atoms with Crippen LogP contribution in [0.2, 0.25) is 0 Å². The van der Waals surface area contributed by atoms with Gasteiger partial charge in [0.15, 0.2) is 5.82 Å². The van der Waals surface area contributed by atoms with E-state index in [9.17, 15) is 4.39 Å². The van der Waals surface area contributed by atoms with Crippen LogP contribution in [0.15, 0.2) is 53.2 Å². The first-order valence-electron chi connectivity index (χ1n) is 7.84. The third kappa shape index (κ3) is 2.47. The monoisotopic (exact) mass is 362 g/mol. The van der Waals surface area contributed by atoms with E-state index in [1.807, 2.05) is 29.6 Å². The summed E-state index contributed by atoms with van der Waals surface area (Å²) in [4.78, 5) is 4.76. The first kappa shape index (κ1) is 14.9. The number of halogens is 1. The molecule has 0 aliphatic rings. The molecule has 0 aliphatic carbocycles. The van der Waals surface area contributed by atoms with E-state index in [1.54, 1.807) is 17.4 Å². The van der Waals surface area contributed by atoms with E-state index in [0.717, 1.165) is 27.2 Å². The van der Waals surface area contributed by atoms with Crippen molar-refractivity contribution in [2.45, 2.75) is 0 Å². The van der Waals surface area contributed by atoms with Gasteiger partial charge in [0.05, 0.1) is 5.52 Å². The molecule has 0 saturated heterocycles. The molecule has 5 rings (SSSR count). The topological polar surface area (TPSA) is 79.4 Å². The van der Waals surface area contributed by atoms with E-state index in [2.05, 4.69) is 31.3 Å². The van der Waals surface area contributed by atoms with Crippen LogP contribution < -0.4 is 5.32 Å². The van der Waals surface area contributed by atoms with Crippen LogP contribution in [0, 0.1) is 5.82 Å². The maximum atomic E-state index is 13.5. The van der Waals surface area contributed by atoms with Crippen molar-refractivity contribution in [2.24, 2.45) is 0 Å². The lowest BCUT2D eigenvalue weighted by Gasteiger charge is -2.10. The highest BCUT2D eigenvalue weighted by Gasteiger charge is 2.12. The number of nitrogens with zero attached hydrogens (tertiary/aromatic N) is 4. The standard InChI is InChI=1S/C18H11FN6S/c19-11-2-1-3-12(7-11)20-18-15-9-26-8-14(15)13-5-4-10(6-16(13)21-18)17-22-24-25-23-17/h1-9H,(H,20,21)(H,22,23,24,25). The van der Waals surface area contributed by atoms with Gasteiger partial charge in [0, 0.05) is 32.8 Å². The average molecular weight is 362 g/mol. The van der Waals surface area contributed by atoms with Gasteiger partial charge in [-0.1, -0.05) is 18.2 Å². The number of aromatic amines is 1. The minimum absolute atomic E-state index is 0.294. The molecule has 0 bridgehead atoms. The van der Waals surface area contributed by atoms with Crippen molar-refractivity contribution in [3.05, 3.63) is 59.0 Å². The van der Waals surface area contributed by atoms with Crippen LogP contribution in [0.25, 0.3) is 33.1 Å². The number of rotatable bonds is 3. The summed E-state index contributed by atoms with van der Waals surface area (Å²) >= 11 is 1.60. The summed E-state index contributed by atoms with van der Waals surface area (Å²) in [6.07, 6.45) is 0. The molecule has 3 heterocycles. The number of hydrogen-bond acceptors (Lipinski definition) is 6. The number of tetrazole rings is 1. The summed E-state index contributed by atoms with van der Waals surface area (Å²) < 4.78 is 13.5. The molecule has 0 atom stereocenters. The van der Waals surface area contributed by atoms with Crippen LogP contribution in [-0.4, -0.2) is 25.6 Å². The van der Waals surface area contributed by atoms with Gasteiger partial charge in [0.25, 0.3) is 0 Å². The van der Waals surface area contributed by atoms with Crippen LogP contribution in [0.5, 0.6) is 0 Å². The zero-order chi connectivity index (χ0) is 17.5. The van der Waals surface area contributed by atoms with Gasteiger partial charge in [-0.25, -0.2) is 14.5 Å². The lowest BCUT2D eigenvalue weighted by molar-refractivity contribution is 0.628. The Morgan fingerprint density at radius 3 is 2.77 bits per heavy atom. The molecule has 26 heavy (non-hydrogen) atoms. The molecule has 126 valence electrons. The van der Waals surface area contributed by atoms with Crippen LogP contribution in [-0.2, 0) is 0 Å². The Bertz CT molecular complexity index is 1230. The van der Waals surface area contributed by atoms with Gasteiger partial charge in [-0.15, -0.1) is 5.10 Å². The van der Waals surface area contributed by atoms with Gasteiger partial charge >= 0.3 is 0 Å². The Morgan fingerprint density at radius 2 is 1.92 bits per heavy atom. The minimum Gasteiger partial charge on any atom is -0.340 e. The fourth-order valence-corrected chi connectivity index (χ4v) is 3.78. The smallest absolute Gasteiger partial charge is 0.179 e. The summed E-state index contributed by atoms with van der Waals surface area (Å²) in [6, 6.07) is 12.2. The SMILES string of the molecule is Fc1cccc(Nc2nc3cc(-c4nnn[nH]4)ccc3c3cscc23)c1. The van der Waals surface area contributed by atoms with Crippen LogP contribution in [0.4, 0.5) is 15.9 Å². The molecule has 5 aromatic rings. The normalized spacial score (nSPS) is 11.3. The Kier molecular flexibility index (Phi) is 3.36. The zero-order valence-corrected chi connectivity index (χ0v) is 14.1. The van der Waals surface area contributed by atoms with E-state index >= 15 is 0 Å². The van der Waals surface area contributed by atoms with E-state index in [4.69, 9.17) is 4.98 Å². The molecule has 6 nitrogen and oxygen atoms in total. The fraction of sp³-hybridized carbons (Fsp3) is 0. The number of fused-ring (bicyclic) bond motifs is 3. The molecular formula is C18H11FN6S. The maximum Gasteiger partial charge on any atom is 0.179 e. The number of H-pyrrole nitrogens is 1. The van der Waals surface area contributed by atoms with Crippen molar-refractivity contribution in [3.63, 3.8) is 0 Å². The van der Waals surface area contributed by atoms with Crippen LogP contribution in [0.3, 0.4) is 0 Å². The number of benzene rings is 2. The molecule has 8 heteroatoms. The molecule has 0 aliphatic heterocycles. The van der Waals surface area contributed by atoms with Gasteiger partial charge in [-0.3, -0.25) is 0 Å². The highest BCUT2D eigenvalue weighted by molar-refractivity contribution is 7.09. The molecule has 3 aromatic heterocycles. The summed E-state index contributed by atoms with van der Waals surface area (Å²) in [7, 11) is 0. The molecule has 0 fully saturated rings. The highest BCUT2D eigenvalue weighted by atomic mass is 32.1. The first-order chi connectivity index (χ1) is 12.8. The summed E-state index contributed by atoms with van der Waals surface area (Å²) in [6.45, 7) is 0. The maximum absolute atomic E-state index is 13.5. The van der Waals surface area contributed by atoms with Gasteiger partial charge < -0.3 is 5.32 Å². The van der Waals surface area contributed by atoms with E-state index < -0.39 is 0 Å². The third-order valence-corrected chi connectivity index (χ3v) is 4.89. The number of thiophene rings is 1. The Morgan fingerprint density at radius 1 is 1.00 bits per heavy atom. The zero-order valence-electron chi connectivity index (χ0n) is 13.3. The molecule has 0 saturated carbocycles. The van der Waals surface area contributed by atoms with Crippen molar-refractivity contribution in [3.8, 4) is 11.4 Å². The summed E-state index contributed by atoms with van der Waals surface area (Å²) in [5.74, 6) is 0.975. The molecule has 0 amide bonds. The van der Waals surface area contributed by atoms with Crippen molar-refractivity contribution in [2.75, 3.05) is 5.32 Å². The molecule has 2 N–H and O–H groups in total. The number of pyridine rings is 1. The second-order valence-electron chi connectivity index (χ2n) is 5.78. The van der Waals surface area contributed by atoms with E-state index in [1.165, 1.54) is 12.1 Å². The first-order valence-corrected chi connectivity index (χ1v) is 8.78. The van der Waals surface area contributed by atoms with Crippen LogP contribution >= 0.6 is 11.3 Å². The largest absolute Gasteiger partial charge is 0.340 e. The Balaban J connectivity index is 1.69. The van der Waals surface area contributed by atoms with Crippen LogP contribution in [0.1, 0.15) is 0 Å². The van der Waals surface area contributed by atoms with E-state index in [-0.39, 0.29) is 5.82 Å². The van der Waals surface area contributed by atoms with Crippen molar-refractivity contribution < 1.29 is 4.39 Å². The second-order valence-corrected chi connectivity index (χ2v) is 6.52. The van der Waals surface area contributed by atoms with Crippen molar-refractivity contribution in [1.29, 1.82) is 0 Å². The minimum atomic E-state index is -0.294.